The van der Waals surface area contributed by atoms with Gasteiger partial charge in [0.15, 0.2) is 0 Å². The average Bonchev–Trinajstić information content (AvgIpc) is 2.58. The smallest absolute Gasteiger partial charge is 0.522 e. The minimum absolute atomic E-state index is 0.0290. The number of ether oxygens (including phenoxy) is 1. The molecule has 5 N–H and O–H groups in total. The van der Waals surface area contributed by atoms with E-state index in [0.717, 1.165) is 5.56 Å². The van der Waals surface area contributed by atoms with Crippen LogP contribution >= 0.6 is 0 Å². The van der Waals surface area contributed by atoms with Gasteiger partial charge in [-0.2, -0.15) is 0 Å². The second kappa shape index (κ2) is 7.94. The first-order valence-electron chi connectivity index (χ1n) is 8.57. The standard InChI is InChI=1S/C16H22BN3O6/c18-7-13(21)19-5-6-20-8-11(9-20)25-12-2-1-10-3-4-17(24)26-15(10)14(12)16(22)23/h1-2,11,24H,3-9,18H2,(H,19,21)(H,22,23). The van der Waals surface area contributed by atoms with Crippen molar-refractivity contribution in [1.29, 1.82) is 0 Å². The molecule has 1 fully saturated rings. The Balaban J connectivity index is 1.59. The number of likely N-dealkylation sites (tertiary alicyclic amines) is 1. The third-order valence-corrected chi connectivity index (χ3v) is 4.48. The van der Waals surface area contributed by atoms with E-state index >= 15 is 0 Å². The van der Waals surface area contributed by atoms with Gasteiger partial charge in [0.05, 0.1) is 6.54 Å². The molecular weight excluding hydrogens is 341 g/mol. The maximum Gasteiger partial charge on any atom is 0.522 e. The monoisotopic (exact) mass is 363 g/mol. The van der Waals surface area contributed by atoms with Crippen molar-refractivity contribution in [2.75, 3.05) is 32.7 Å². The molecule has 0 atom stereocenters. The van der Waals surface area contributed by atoms with Crippen LogP contribution < -0.4 is 20.4 Å². The van der Waals surface area contributed by atoms with Crippen LogP contribution in [-0.4, -0.2) is 72.9 Å². The Kier molecular flexibility index (Phi) is 5.65. The number of benzene rings is 1. The summed E-state index contributed by atoms with van der Waals surface area (Å²) in [6.45, 7) is 2.43. The van der Waals surface area contributed by atoms with Crippen molar-refractivity contribution >= 4 is 19.0 Å². The molecule has 9 nitrogen and oxygen atoms in total. The van der Waals surface area contributed by atoms with E-state index in [1.54, 1.807) is 12.1 Å². The quantitative estimate of drug-likeness (QED) is 0.451. The number of hydrogen-bond donors (Lipinski definition) is 4. The molecule has 0 saturated carbocycles. The fraction of sp³-hybridized carbons (Fsp3) is 0.500. The summed E-state index contributed by atoms with van der Waals surface area (Å²) in [6.07, 6.45) is 0.859. The van der Waals surface area contributed by atoms with Gasteiger partial charge in [-0.25, -0.2) is 4.79 Å². The average molecular weight is 363 g/mol. The third kappa shape index (κ3) is 4.09. The number of carboxylic acid groups (broad SMARTS) is 1. The van der Waals surface area contributed by atoms with Gasteiger partial charge in [-0.1, -0.05) is 6.07 Å². The van der Waals surface area contributed by atoms with Crippen LogP contribution in [0.25, 0.3) is 0 Å². The zero-order valence-corrected chi connectivity index (χ0v) is 14.3. The first-order chi connectivity index (χ1) is 12.5. The fourth-order valence-electron chi connectivity index (χ4n) is 3.10. The predicted molar refractivity (Wildman–Crippen MR) is 93.4 cm³/mol. The summed E-state index contributed by atoms with van der Waals surface area (Å²) < 4.78 is 11.2. The second-order valence-electron chi connectivity index (χ2n) is 6.40. The Morgan fingerprint density at radius 3 is 2.88 bits per heavy atom. The number of carbonyl (C=O) groups excluding carboxylic acids is 1. The van der Waals surface area contributed by atoms with Crippen molar-refractivity contribution in [3.63, 3.8) is 0 Å². The number of carbonyl (C=O) groups is 2. The Bertz CT molecular complexity index is 695. The van der Waals surface area contributed by atoms with Crippen LogP contribution in [0.4, 0.5) is 0 Å². The molecule has 26 heavy (non-hydrogen) atoms. The molecule has 0 aliphatic carbocycles. The van der Waals surface area contributed by atoms with Gasteiger partial charge in [0, 0.05) is 26.2 Å². The lowest BCUT2D eigenvalue weighted by atomic mass is 9.78. The summed E-state index contributed by atoms with van der Waals surface area (Å²) in [5.41, 5.74) is 5.93. The van der Waals surface area contributed by atoms with E-state index in [1.807, 2.05) is 0 Å². The van der Waals surface area contributed by atoms with E-state index in [-0.39, 0.29) is 35.6 Å². The van der Waals surface area contributed by atoms with E-state index in [4.69, 9.17) is 15.1 Å². The number of amides is 1. The lowest BCUT2D eigenvalue weighted by molar-refractivity contribution is -0.119. The number of aryl methyl sites for hydroxylation is 1. The van der Waals surface area contributed by atoms with Gasteiger partial charge in [-0.05, 0) is 24.4 Å². The minimum atomic E-state index is -1.15. The van der Waals surface area contributed by atoms with Crippen LogP contribution in [-0.2, 0) is 11.2 Å². The van der Waals surface area contributed by atoms with E-state index in [1.165, 1.54) is 0 Å². The highest BCUT2D eigenvalue weighted by Gasteiger charge is 2.33. The molecule has 2 aliphatic heterocycles. The largest absolute Gasteiger partial charge is 0.535 e. The lowest BCUT2D eigenvalue weighted by Crippen LogP contribution is -2.55. The van der Waals surface area contributed by atoms with E-state index in [2.05, 4.69) is 10.2 Å². The molecular formula is C16H22BN3O6. The van der Waals surface area contributed by atoms with E-state index < -0.39 is 13.1 Å². The van der Waals surface area contributed by atoms with Crippen molar-refractivity contribution in [2.45, 2.75) is 18.8 Å². The molecule has 1 amide bonds. The maximum atomic E-state index is 11.7. The van der Waals surface area contributed by atoms with Crippen molar-refractivity contribution in [1.82, 2.24) is 10.2 Å². The van der Waals surface area contributed by atoms with Crippen LogP contribution in [0.5, 0.6) is 11.5 Å². The first kappa shape index (κ1) is 18.5. The van der Waals surface area contributed by atoms with Crippen LogP contribution in [0.1, 0.15) is 15.9 Å². The molecule has 2 aliphatic rings. The van der Waals surface area contributed by atoms with Gasteiger partial charge in [0.2, 0.25) is 5.91 Å². The van der Waals surface area contributed by atoms with Crippen molar-refractivity contribution in [3.8, 4) is 11.5 Å². The zero-order chi connectivity index (χ0) is 18.7. The molecule has 10 heteroatoms. The minimum Gasteiger partial charge on any atom is -0.535 e. The van der Waals surface area contributed by atoms with E-state index in [0.29, 0.717) is 38.9 Å². The molecule has 0 bridgehead atoms. The maximum absolute atomic E-state index is 11.7. The van der Waals surface area contributed by atoms with Crippen LogP contribution in [0.15, 0.2) is 12.1 Å². The first-order valence-corrected chi connectivity index (χ1v) is 8.57. The summed E-state index contributed by atoms with van der Waals surface area (Å²) in [4.78, 5) is 24.9. The Morgan fingerprint density at radius 2 is 2.19 bits per heavy atom. The normalized spacial score (nSPS) is 17.1. The molecule has 0 aromatic heterocycles. The highest BCUT2D eigenvalue weighted by Crippen LogP contribution is 2.37. The van der Waals surface area contributed by atoms with Gasteiger partial charge in [0.1, 0.15) is 23.2 Å². The lowest BCUT2D eigenvalue weighted by Gasteiger charge is -2.39. The summed E-state index contributed by atoms with van der Waals surface area (Å²) in [6, 6.07) is 3.43. The van der Waals surface area contributed by atoms with Crippen LogP contribution in [0.3, 0.4) is 0 Å². The van der Waals surface area contributed by atoms with Gasteiger partial charge in [-0.15, -0.1) is 0 Å². The topological polar surface area (TPSA) is 134 Å². The van der Waals surface area contributed by atoms with Crippen LogP contribution in [0, 0.1) is 0 Å². The Morgan fingerprint density at radius 1 is 1.42 bits per heavy atom. The van der Waals surface area contributed by atoms with Gasteiger partial charge < -0.3 is 30.6 Å². The highest BCUT2D eigenvalue weighted by atomic mass is 16.5. The number of nitrogens with zero attached hydrogens (tertiary/aromatic N) is 1. The molecule has 2 heterocycles. The number of nitrogens with two attached hydrogens (primary N) is 1. The summed E-state index contributed by atoms with van der Waals surface area (Å²) in [5, 5.41) is 21.9. The Hall–Kier alpha value is -2.30. The highest BCUT2D eigenvalue weighted by molar-refractivity contribution is 6.44. The fourth-order valence-corrected chi connectivity index (χ4v) is 3.10. The van der Waals surface area contributed by atoms with Crippen molar-refractivity contribution in [2.24, 2.45) is 5.73 Å². The number of hydrogen-bond acceptors (Lipinski definition) is 7. The van der Waals surface area contributed by atoms with Crippen molar-refractivity contribution < 1.29 is 29.1 Å². The number of aromatic carboxylic acids is 1. The second-order valence-corrected chi connectivity index (χ2v) is 6.40. The SMILES string of the molecule is NCC(=O)NCCN1CC(Oc2ccc3c(c2C(=O)O)OB(O)CC3)C1. The molecule has 0 radical (unpaired) electrons. The zero-order valence-electron chi connectivity index (χ0n) is 14.3. The van der Waals surface area contributed by atoms with E-state index in [9.17, 15) is 19.7 Å². The summed E-state index contributed by atoms with van der Waals surface area (Å²) in [7, 11) is -1.00. The van der Waals surface area contributed by atoms with Gasteiger partial charge in [-0.3, -0.25) is 9.69 Å². The molecule has 1 aromatic carbocycles. The number of rotatable bonds is 7. The number of fused-ring (bicyclic) bond motifs is 1. The van der Waals surface area contributed by atoms with Crippen LogP contribution in [0.2, 0.25) is 6.32 Å². The van der Waals surface area contributed by atoms with Crippen molar-refractivity contribution in [3.05, 3.63) is 23.3 Å². The van der Waals surface area contributed by atoms with Gasteiger partial charge in [0.25, 0.3) is 0 Å². The summed E-state index contributed by atoms with van der Waals surface area (Å²) in [5.74, 6) is -0.909. The van der Waals surface area contributed by atoms with Gasteiger partial charge >= 0.3 is 13.1 Å². The third-order valence-electron chi connectivity index (χ3n) is 4.48. The molecule has 140 valence electrons. The molecule has 1 aromatic rings. The molecule has 3 rings (SSSR count). The number of nitrogens with one attached hydrogen (secondary N) is 1. The Labute approximate surface area is 151 Å². The summed E-state index contributed by atoms with van der Waals surface area (Å²) >= 11 is 0. The molecule has 0 spiro atoms. The number of carboxylic acids is 1. The predicted octanol–water partition coefficient (Wildman–Crippen LogP) is -1.06. The molecule has 1 saturated heterocycles. The molecule has 0 unspecified atom stereocenters.